The molecule has 5 atom stereocenters. The number of likely N-dealkylation sites (N-methyl/N-ethyl adjacent to an activating group) is 1. The van der Waals surface area contributed by atoms with E-state index in [-0.39, 0.29) is 18.0 Å². The average molecular weight is 517 g/mol. The lowest BCUT2D eigenvalue weighted by molar-refractivity contribution is -0.127. The molecule has 3 fully saturated rings. The number of hydrogen-bond acceptors (Lipinski definition) is 8. The first-order valence-electron chi connectivity index (χ1n) is 13.9. The van der Waals surface area contributed by atoms with Crippen LogP contribution in [0.3, 0.4) is 0 Å². The van der Waals surface area contributed by atoms with Crippen LogP contribution in [0.1, 0.15) is 47.7 Å². The number of aromatic nitrogens is 2. The number of rotatable bonds is 6. The van der Waals surface area contributed by atoms with Crippen LogP contribution >= 0.6 is 0 Å². The standard InChI is InChI=1S/C29H36N6O3/c1-3-26(36)34-15-25-27(37)24(34)16-35(25)28-21-13-33(23-11-10-18-7-4-5-9-20(18)23)14-22(21)30-29(31-28)38-17-19-8-6-12-32(19)2/h3-5,7,9,19,23-25,27,37H,1,6,8,10-17H2,2H3/t19-,23?,24?,25?,27?/m0/s1. The molecule has 0 radical (unpaired) electrons. The molecule has 4 aliphatic heterocycles. The van der Waals surface area contributed by atoms with Crippen molar-refractivity contribution >= 4 is 11.7 Å². The maximum Gasteiger partial charge on any atom is 0.318 e. The second kappa shape index (κ2) is 9.32. The van der Waals surface area contributed by atoms with Gasteiger partial charge in [0.15, 0.2) is 0 Å². The van der Waals surface area contributed by atoms with E-state index in [9.17, 15) is 9.90 Å². The van der Waals surface area contributed by atoms with Gasteiger partial charge in [-0.25, -0.2) is 0 Å². The zero-order valence-electron chi connectivity index (χ0n) is 22.0. The molecule has 0 saturated carbocycles. The van der Waals surface area contributed by atoms with E-state index < -0.39 is 6.10 Å². The van der Waals surface area contributed by atoms with Crippen molar-refractivity contribution in [2.24, 2.45) is 0 Å². The van der Waals surface area contributed by atoms with Crippen molar-refractivity contribution in [1.29, 1.82) is 0 Å². The number of amides is 1. The highest BCUT2D eigenvalue weighted by Crippen LogP contribution is 2.44. The summed E-state index contributed by atoms with van der Waals surface area (Å²) in [5.41, 5.74) is 5.01. The van der Waals surface area contributed by atoms with Crippen molar-refractivity contribution in [1.82, 2.24) is 24.7 Å². The monoisotopic (exact) mass is 516 g/mol. The van der Waals surface area contributed by atoms with E-state index in [1.165, 1.54) is 23.6 Å². The molecule has 1 amide bonds. The van der Waals surface area contributed by atoms with Crippen LogP contribution in [0.5, 0.6) is 6.01 Å². The minimum atomic E-state index is -0.611. The molecule has 4 unspecified atom stereocenters. The number of nitrogens with zero attached hydrogens (tertiary/aromatic N) is 6. The first kappa shape index (κ1) is 24.1. The summed E-state index contributed by atoms with van der Waals surface area (Å²) < 4.78 is 6.24. The van der Waals surface area contributed by atoms with E-state index in [2.05, 4.69) is 52.6 Å². The molecule has 3 saturated heterocycles. The van der Waals surface area contributed by atoms with Gasteiger partial charge in [-0.3, -0.25) is 9.69 Å². The Morgan fingerprint density at radius 3 is 2.82 bits per heavy atom. The molecule has 200 valence electrons. The second-order valence-electron chi connectivity index (χ2n) is 11.5. The fourth-order valence-electron chi connectivity index (χ4n) is 7.36. The summed E-state index contributed by atoms with van der Waals surface area (Å²) in [4.78, 5) is 31.1. The number of aliphatic hydroxyl groups excluding tert-OH is 1. The van der Waals surface area contributed by atoms with E-state index in [0.717, 1.165) is 56.0 Å². The highest BCUT2D eigenvalue weighted by molar-refractivity contribution is 5.88. The largest absolute Gasteiger partial charge is 0.462 e. The highest BCUT2D eigenvalue weighted by Gasteiger charge is 2.53. The smallest absolute Gasteiger partial charge is 0.318 e. The molecule has 5 aliphatic rings. The first-order chi connectivity index (χ1) is 18.5. The summed E-state index contributed by atoms with van der Waals surface area (Å²) >= 11 is 0. The van der Waals surface area contributed by atoms with Crippen LogP contribution in [0, 0.1) is 0 Å². The van der Waals surface area contributed by atoms with Gasteiger partial charge >= 0.3 is 6.01 Å². The number of aliphatic hydroxyl groups is 1. The number of piperazine rings is 1. The Hall–Kier alpha value is -3.01. The van der Waals surface area contributed by atoms with Gasteiger partial charge in [0.2, 0.25) is 5.91 Å². The van der Waals surface area contributed by atoms with Crippen molar-refractivity contribution < 1.29 is 14.6 Å². The van der Waals surface area contributed by atoms with Gasteiger partial charge in [-0.05, 0) is 56.5 Å². The normalized spacial score (nSPS) is 30.2. The number of fused-ring (bicyclic) bond motifs is 4. The minimum absolute atomic E-state index is 0.125. The summed E-state index contributed by atoms with van der Waals surface area (Å²) in [5, 5.41) is 11.0. The van der Waals surface area contributed by atoms with Gasteiger partial charge in [0.1, 0.15) is 12.4 Å². The van der Waals surface area contributed by atoms with Crippen LogP contribution in [-0.2, 0) is 24.3 Å². The Labute approximate surface area is 223 Å². The second-order valence-corrected chi connectivity index (χ2v) is 11.5. The maximum atomic E-state index is 12.4. The Morgan fingerprint density at radius 1 is 1.18 bits per heavy atom. The topological polar surface area (TPSA) is 85.3 Å². The van der Waals surface area contributed by atoms with Crippen molar-refractivity contribution in [3.63, 3.8) is 0 Å². The van der Waals surface area contributed by atoms with E-state index in [1.807, 2.05) is 0 Å². The Balaban J connectivity index is 1.19. The van der Waals surface area contributed by atoms with Crippen molar-refractivity contribution in [2.75, 3.05) is 38.2 Å². The van der Waals surface area contributed by atoms with E-state index >= 15 is 0 Å². The van der Waals surface area contributed by atoms with Gasteiger partial charge in [-0.1, -0.05) is 30.8 Å². The van der Waals surface area contributed by atoms with Crippen molar-refractivity contribution in [3.05, 3.63) is 59.3 Å². The molecule has 1 aliphatic carbocycles. The SMILES string of the molecule is C=CC(=O)N1CC2C(O)C1CN2c1nc(OC[C@@H]2CCCN2C)nc2c1CN(C1CCc3ccccc31)C2. The number of ether oxygens (including phenoxy) is 1. The Bertz CT molecular complexity index is 1270. The minimum Gasteiger partial charge on any atom is -0.462 e. The number of hydrogen-bond donors (Lipinski definition) is 1. The zero-order chi connectivity index (χ0) is 26.0. The van der Waals surface area contributed by atoms with Crippen LogP contribution in [-0.4, -0.2) is 93.2 Å². The van der Waals surface area contributed by atoms with Crippen molar-refractivity contribution in [3.8, 4) is 6.01 Å². The summed E-state index contributed by atoms with van der Waals surface area (Å²) in [5.74, 6) is 0.732. The van der Waals surface area contributed by atoms with Crippen LogP contribution in [0.15, 0.2) is 36.9 Å². The van der Waals surface area contributed by atoms with Crippen molar-refractivity contribution in [2.45, 2.75) is 69.0 Å². The summed E-state index contributed by atoms with van der Waals surface area (Å²) in [7, 11) is 2.14. The number of anilines is 1. The molecule has 2 aromatic rings. The van der Waals surface area contributed by atoms with Crippen LogP contribution in [0.4, 0.5) is 5.82 Å². The third-order valence-corrected chi connectivity index (χ3v) is 9.47. The van der Waals surface area contributed by atoms with E-state index in [4.69, 9.17) is 14.7 Å². The molecule has 2 bridgehead atoms. The van der Waals surface area contributed by atoms with Gasteiger partial charge in [-0.2, -0.15) is 9.97 Å². The third kappa shape index (κ3) is 3.82. The lowest BCUT2D eigenvalue weighted by Gasteiger charge is -2.34. The van der Waals surface area contributed by atoms with Crippen LogP contribution in [0.2, 0.25) is 0 Å². The molecule has 0 spiro atoms. The molecule has 9 heteroatoms. The van der Waals surface area contributed by atoms with Gasteiger partial charge in [-0.15, -0.1) is 0 Å². The summed E-state index contributed by atoms with van der Waals surface area (Å²) in [6.07, 6.45) is 5.25. The lowest BCUT2D eigenvalue weighted by Crippen LogP contribution is -2.49. The molecule has 5 heterocycles. The molecular formula is C29H36N6O3. The van der Waals surface area contributed by atoms with E-state index in [0.29, 0.717) is 37.8 Å². The highest BCUT2D eigenvalue weighted by atomic mass is 16.5. The average Bonchev–Trinajstić information content (AvgIpc) is 3.75. The lowest BCUT2D eigenvalue weighted by atomic mass is 10.1. The molecule has 9 nitrogen and oxygen atoms in total. The fraction of sp³-hybridized carbons (Fsp3) is 0.552. The van der Waals surface area contributed by atoms with Crippen LogP contribution in [0.25, 0.3) is 0 Å². The molecule has 7 rings (SSSR count). The van der Waals surface area contributed by atoms with Gasteiger partial charge in [0.25, 0.3) is 0 Å². The molecule has 1 aromatic carbocycles. The number of benzene rings is 1. The van der Waals surface area contributed by atoms with Gasteiger partial charge in [0, 0.05) is 43.8 Å². The predicted octanol–water partition coefficient (Wildman–Crippen LogP) is 1.90. The van der Waals surface area contributed by atoms with Crippen LogP contribution < -0.4 is 9.64 Å². The Kier molecular flexibility index (Phi) is 5.90. The molecule has 1 N–H and O–H groups in total. The molecular weight excluding hydrogens is 480 g/mol. The number of carbonyl (C=O) groups excluding carboxylic acids is 1. The fourth-order valence-corrected chi connectivity index (χ4v) is 7.36. The summed E-state index contributed by atoms with van der Waals surface area (Å²) in [6, 6.07) is 9.48. The molecule has 1 aromatic heterocycles. The Morgan fingerprint density at radius 2 is 2.05 bits per heavy atom. The number of likely N-dealkylation sites (tertiary alicyclic amines) is 2. The van der Waals surface area contributed by atoms with Gasteiger partial charge < -0.3 is 24.5 Å². The van der Waals surface area contributed by atoms with Gasteiger partial charge in [0.05, 0.1) is 23.9 Å². The summed E-state index contributed by atoms with van der Waals surface area (Å²) in [6.45, 7) is 7.86. The predicted molar refractivity (Wildman–Crippen MR) is 143 cm³/mol. The quantitative estimate of drug-likeness (QED) is 0.583. The zero-order valence-corrected chi connectivity index (χ0v) is 22.0. The first-order valence-corrected chi connectivity index (χ1v) is 13.9. The third-order valence-electron chi connectivity index (χ3n) is 9.47. The maximum absolute atomic E-state index is 12.4. The van der Waals surface area contributed by atoms with E-state index in [1.54, 1.807) is 4.90 Å². The number of carbonyl (C=O) groups is 1. The number of aryl methyl sites for hydroxylation is 1. The molecule has 38 heavy (non-hydrogen) atoms.